The second kappa shape index (κ2) is 7.85. The van der Waals surface area contributed by atoms with E-state index in [-0.39, 0.29) is 24.3 Å². The molecule has 0 fully saturated rings. The quantitative estimate of drug-likeness (QED) is 0.752. The molecule has 0 bridgehead atoms. The van der Waals surface area contributed by atoms with Crippen molar-refractivity contribution in [3.63, 3.8) is 0 Å². The summed E-state index contributed by atoms with van der Waals surface area (Å²) in [6.45, 7) is 4.38. The molecule has 0 aliphatic carbocycles. The van der Waals surface area contributed by atoms with Crippen LogP contribution in [0.3, 0.4) is 0 Å². The number of amides is 1. The van der Waals surface area contributed by atoms with Crippen molar-refractivity contribution in [2.45, 2.75) is 32.8 Å². The van der Waals surface area contributed by atoms with Crippen LogP contribution in [0.25, 0.3) is 0 Å². The van der Waals surface area contributed by atoms with Crippen molar-refractivity contribution in [2.75, 3.05) is 13.2 Å². The summed E-state index contributed by atoms with van der Waals surface area (Å²) in [6.07, 6.45) is 1.46. The Balaban J connectivity index is 2.22. The van der Waals surface area contributed by atoms with Gasteiger partial charge in [-0.1, -0.05) is 6.92 Å². The number of carbonyl (C=O) groups is 2. The van der Waals surface area contributed by atoms with E-state index in [0.29, 0.717) is 18.0 Å². The van der Waals surface area contributed by atoms with E-state index in [9.17, 15) is 9.59 Å². The molecule has 19 heavy (non-hydrogen) atoms. The lowest BCUT2D eigenvalue weighted by molar-refractivity contribution is -0.127. The number of aromatic nitrogens is 1. The molecule has 6 nitrogen and oxygen atoms in total. The monoisotopic (exact) mass is 286 g/mol. The topological polar surface area (TPSA) is 88.5 Å². The van der Waals surface area contributed by atoms with Gasteiger partial charge >= 0.3 is 5.97 Å². The smallest absolute Gasteiger partial charge is 0.355 e. The van der Waals surface area contributed by atoms with Gasteiger partial charge in [-0.3, -0.25) is 4.79 Å². The van der Waals surface area contributed by atoms with E-state index >= 15 is 0 Å². The summed E-state index contributed by atoms with van der Waals surface area (Å²) in [5.74, 6) is -1.20. The Hall–Kier alpha value is -1.47. The van der Waals surface area contributed by atoms with Gasteiger partial charge in [0.25, 0.3) is 0 Å². The van der Waals surface area contributed by atoms with Gasteiger partial charge in [-0.25, -0.2) is 9.78 Å². The molecule has 2 N–H and O–H groups in total. The maximum absolute atomic E-state index is 11.4. The van der Waals surface area contributed by atoms with E-state index in [4.69, 9.17) is 9.84 Å². The third-order valence-electron chi connectivity index (χ3n) is 2.51. The molecular weight excluding hydrogens is 268 g/mol. The first-order valence-electron chi connectivity index (χ1n) is 6.09. The predicted molar refractivity (Wildman–Crippen MR) is 71.5 cm³/mol. The van der Waals surface area contributed by atoms with Gasteiger partial charge in [0.1, 0.15) is 6.61 Å². The van der Waals surface area contributed by atoms with E-state index in [2.05, 4.69) is 10.3 Å². The number of rotatable bonds is 8. The van der Waals surface area contributed by atoms with Gasteiger partial charge in [0.2, 0.25) is 5.91 Å². The van der Waals surface area contributed by atoms with Crippen LogP contribution in [0, 0.1) is 0 Å². The largest absolute Gasteiger partial charge is 0.476 e. The van der Waals surface area contributed by atoms with E-state index in [1.807, 2.05) is 13.8 Å². The SMILES string of the molecule is CCC(C)OCC(=O)NCCc1nc(C(=O)O)cs1. The molecule has 0 aliphatic heterocycles. The lowest BCUT2D eigenvalue weighted by atomic mass is 10.3. The van der Waals surface area contributed by atoms with E-state index in [1.165, 1.54) is 16.7 Å². The summed E-state index contributed by atoms with van der Waals surface area (Å²) in [7, 11) is 0. The van der Waals surface area contributed by atoms with Crippen LogP contribution < -0.4 is 5.32 Å². The van der Waals surface area contributed by atoms with Crippen molar-refractivity contribution in [1.29, 1.82) is 0 Å². The highest BCUT2D eigenvalue weighted by Gasteiger charge is 2.09. The fourth-order valence-corrected chi connectivity index (χ4v) is 1.99. The van der Waals surface area contributed by atoms with Gasteiger partial charge in [-0.05, 0) is 13.3 Å². The van der Waals surface area contributed by atoms with Crippen molar-refractivity contribution in [3.8, 4) is 0 Å². The first-order valence-corrected chi connectivity index (χ1v) is 6.96. The Morgan fingerprint density at radius 3 is 2.89 bits per heavy atom. The molecule has 0 spiro atoms. The number of nitrogens with one attached hydrogen (secondary N) is 1. The molecule has 1 aromatic heterocycles. The summed E-state index contributed by atoms with van der Waals surface area (Å²) >= 11 is 1.28. The standard InChI is InChI=1S/C12H18N2O4S/c1-3-8(2)18-6-10(15)13-5-4-11-14-9(7-19-11)12(16)17/h7-8H,3-6H2,1-2H3,(H,13,15)(H,16,17). The molecule has 1 rings (SSSR count). The fourth-order valence-electron chi connectivity index (χ4n) is 1.22. The number of nitrogens with zero attached hydrogens (tertiary/aromatic N) is 1. The van der Waals surface area contributed by atoms with Crippen LogP contribution in [0.4, 0.5) is 0 Å². The van der Waals surface area contributed by atoms with Gasteiger partial charge in [-0.15, -0.1) is 11.3 Å². The lowest BCUT2D eigenvalue weighted by Crippen LogP contribution is -2.30. The second-order valence-electron chi connectivity index (χ2n) is 4.06. The summed E-state index contributed by atoms with van der Waals surface area (Å²) in [5, 5.41) is 13.6. The van der Waals surface area contributed by atoms with Crippen molar-refractivity contribution in [3.05, 3.63) is 16.1 Å². The summed E-state index contributed by atoms with van der Waals surface area (Å²) in [6, 6.07) is 0. The maximum Gasteiger partial charge on any atom is 0.355 e. The highest BCUT2D eigenvalue weighted by molar-refractivity contribution is 7.09. The minimum atomic E-state index is -1.03. The van der Waals surface area contributed by atoms with Gasteiger partial charge in [0.05, 0.1) is 11.1 Å². The molecule has 0 radical (unpaired) electrons. The van der Waals surface area contributed by atoms with Crippen molar-refractivity contribution >= 4 is 23.2 Å². The number of hydrogen-bond acceptors (Lipinski definition) is 5. The Morgan fingerprint density at radius 2 is 2.32 bits per heavy atom. The maximum atomic E-state index is 11.4. The molecule has 1 heterocycles. The number of aromatic carboxylic acids is 1. The molecular formula is C12H18N2O4S. The summed E-state index contributed by atoms with van der Waals surface area (Å²) in [4.78, 5) is 26.0. The number of carboxylic acid groups (broad SMARTS) is 1. The van der Waals surface area contributed by atoms with Crippen LogP contribution in [0.5, 0.6) is 0 Å². The second-order valence-corrected chi connectivity index (χ2v) is 5.00. The van der Waals surface area contributed by atoms with Crippen LogP contribution >= 0.6 is 11.3 Å². The lowest BCUT2D eigenvalue weighted by Gasteiger charge is -2.10. The van der Waals surface area contributed by atoms with Crippen molar-refractivity contribution in [1.82, 2.24) is 10.3 Å². The Labute approximate surface area is 115 Å². The Bertz CT molecular complexity index is 433. The van der Waals surface area contributed by atoms with Gasteiger partial charge in [0, 0.05) is 18.3 Å². The molecule has 7 heteroatoms. The molecule has 106 valence electrons. The van der Waals surface area contributed by atoms with E-state index in [1.54, 1.807) is 0 Å². The van der Waals surface area contributed by atoms with Crippen LogP contribution in [0.1, 0.15) is 35.8 Å². The molecule has 0 saturated heterocycles. The highest BCUT2D eigenvalue weighted by Crippen LogP contribution is 2.09. The van der Waals surface area contributed by atoms with Crippen LogP contribution in [0.2, 0.25) is 0 Å². The average molecular weight is 286 g/mol. The molecule has 1 atom stereocenters. The van der Waals surface area contributed by atoms with Crippen LogP contribution in [-0.2, 0) is 16.0 Å². The normalized spacial score (nSPS) is 12.1. The zero-order chi connectivity index (χ0) is 14.3. The van der Waals surface area contributed by atoms with E-state index in [0.717, 1.165) is 6.42 Å². The van der Waals surface area contributed by atoms with Crippen LogP contribution in [0.15, 0.2) is 5.38 Å². The number of thiazole rings is 1. The fraction of sp³-hybridized carbons (Fsp3) is 0.583. The number of ether oxygens (including phenoxy) is 1. The summed E-state index contributed by atoms with van der Waals surface area (Å²) < 4.78 is 5.29. The third kappa shape index (κ3) is 5.80. The Kier molecular flexibility index (Phi) is 6.44. The minimum Gasteiger partial charge on any atom is -0.476 e. The van der Waals surface area contributed by atoms with Crippen LogP contribution in [-0.4, -0.2) is 41.2 Å². The first-order chi connectivity index (χ1) is 9.02. The number of carbonyl (C=O) groups excluding carboxylic acids is 1. The zero-order valence-corrected chi connectivity index (χ0v) is 11.8. The summed E-state index contributed by atoms with van der Waals surface area (Å²) in [5.41, 5.74) is 0.0476. The van der Waals surface area contributed by atoms with Gasteiger partial charge < -0.3 is 15.2 Å². The molecule has 1 amide bonds. The molecule has 0 saturated carbocycles. The number of carboxylic acids is 1. The van der Waals surface area contributed by atoms with Crippen molar-refractivity contribution in [2.24, 2.45) is 0 Å². The first kappa shape index (κ1) is 15.6. The van der Waals surface area contributed by atoms with Gasteiger partial charge in [0.15, 0.2) is 5.69 Å². The minimum absolute atomic E-state index is 0.0476. The molecule has 0 aromatic carbocycles. The Morgan fingerprint density at radius 1 is 1.58 bits per heavy atom. The van der Waals surface area contributed by atoms with Gasteiger partial charge in [-0.2, -0.15) is 0 Å². The third-order valence-corrected chi connectivity index (χ3v) is 3.41. The average Bonchev–Trinajstić information content (AvgIpc) is 2.85. The highest BCUT2D eigenvalue weighted by atomic mass is 32.1. The predicted octanol–water partition coefficient (Wildman–Crippen LogP) is 1.32. The van der Waals surface area contributed by atoms with E-state index < -0.39 is 5.97 Å². The molecule has 1 aromatic rings. The number of hydrogen-bond donors (Lipinski definition) is 2. The molecule has 1 unspecified atom stereocenters. The molecule has 0 aliphatic rings. The zero-order valence-electron chi connectivity index (χ0n) is 11.0. The van der Waals surface area contributed by atoms with Crippen molar-refractivity contribution < 1.29 is 19.4 Å².